The Bertz CT molecular complexity index is 540. The van der Waals surface area contributed by atoms with E-state index in [2.05, 4.69) is 10.2 Å². The number of carbonyl (C=O) groups is 1. The van der Waals surface area contributed by atoms with Crippen LogP contribution in [0.25, 0.3) is 11.1 Å². The summed E-state index contributed by atoms with van der Waals surface area (Å²) >= 11 is 0. The highest BCUT2D eigenvalue weighted by Gasteiger charge is 2.14. The van der Waals surface area contributed by atoms with Gasteiger partial charge in [-0.1, -0.05) is 18.2 Å². The minimum absolute atomic E-state index is 0.0106. The molecule has 1 aromatic carbocycles. The third-order valence-electron chi connectivity index (χ3n) is 2.16. The summed E-state index contributed by atoms with van der Waals surface area (Å²) in [5, 5.41) is 25.7. The smallest absolute Gasteiger partial charge is 0.338 e. The molecule has 0 bridgehead atoms. The van der Waals surface area contributed by atoms with Crippen LogP contribution in [0, 0.1) is 0 Å². The Balaban J connectivity index is 2.65. The Kier molecular flexibility index (Phi) is 2.51. The molecule has 0 saturated heterocycles. The van der Waals surface area contributed by atoms with E-state index in [0.717, 1.165) is 6.20 Å². The van der Waals surface area contributed by atoms with Gasteiger partial charge in [-0.3, -0.25) is 0 Å². The number of rotatable bonds is 2. The van der Waals surface area contributed by atoms with E-state index in [1.54, 1.807) is 18.2 Å². The quantitative estimate of drug-likeness (QED) is 0.795. The van der Waals surface area contributed by atoms with Gasteiger partial charge in [-0.2, -0.15) is 10.2 Å². The van der Waals surface area contributed by atoms with Crippen LogP contribution in [0.1, 0.15) is 10.4 Å². The van der Waals surface area contributed by atoms with Gasteiger partial charge < -0.3 is 10.2 Å². The topological polar surface area (TPSA) is 83.3 Å². The number of aromatic hydroxyl groups is 1. The van der Waals surface area contributed by atoms with Crippen molar-refractivity contribution in [2.24, 2.45) is 0 Å². The van der Waals surface area contributed by atoms with E-state index in [1.165, 1.54) is 12.3 Å². The van der Waals surface area contributed by atoms with Crippen molar-refractivity contribution in [3.63, 3.8) is 0 Å². The van der Waals surface area contributed by atoms with Crippen molar-refractivity contribution in [2.45, 2.75) is 0 Å². The molecule has 80 valence electrons. The highest BCUT2D eigenvalue weighted by Crippen LogP contribution is 2.30. The van der Waals surface area contributed by atoms with Gasteiger partial charge >= 0.3 is 5.97 Å². The Morgan fingerprint density at radius 2 is 1.75 bits per heavy atom. The van der Waals surface area contributed by atoms with Crippen LogP contribution in [-0.4, -0.2) is 26.4 Å². The van der Waals surface area contributed by atoms with Gasteiger partial charge in [-0.15, -0.1) is 0 Å². The summed E-state index contributed by atoms with van der Waals surface area (Å²) in [6.45, 7) is 0. The van der Waals surface area contributed by atoms with Crippen LogP contribution >= 0.6 is 0 Å². The van der Waals surface area contributed by atoms with Crippen molar-refractivity contribution in [3.05, 3.63) is 42.2 Å². The number of aromatic nitrogens is 2. The summed E-state index contributed by atoms with van der Waals surface area (Å²) in [5.41, 5.74) is 0.784. The molecular weight excluding hydrogens is 208 g/mol. The number of carboxylic acid groups (broad SMARTS) is 1. The maximum absolute atomic E-state index is 11.0. The predicted molar refractivity (Wildman–Crippen MR) is 56.1 cm³/mol. The first-order valence-electron chi connectivity index (χ1n) is 4.52. The summed E-state index contributed by atoms with van der Waals surface area (Å²) < 4.78 is 0. The zero-order valence-corrected chi connectivity index (χ0v) is 8.16. The highest BCUT2D eigenvalue weighted by molar-refractivity contribution is 5.96. The fourth-order valence-corrected chi connectivity index (χ4v) is 1.41. The lowest BCUT2D eigenvalue weighted by molar-refractivity contribution is 0.0697. The SMILES string of the molecule is O=C(O)c1cnncc1-c1ccccc1O. The van der Waals surface area contributed by atoms with Gasteiger partial charge in [0.15, 0.2) is 0 Å². The van der Waals surface area contributed by atoms with Crippen molar-refractivity contribution in [2.75, 3.05) is 0 Å². The van der Waals surface area contributed by atoms with Crippen LogP contribution in [0.2, 0.25) is 0 Å². The Labute approximate surface area is 91.0 Å². The molecule has 0 saturated carbocycles. The van der Waals surface area contributed by atoms with Crippen molar-refractivity contribution < 1.29 is 15.0 Å². The van der Waals surface area contributed by atoms with Crippen LogP contribution < -0.4 is 0 Å². The molecule has 2 aromatic rings. The minimum Gasteiger partial charge on any atom is -0.507 e. The maximum Gasteiger partial charge on any atom is 0.338 e. The molecule has 1 heterocycles. The average Bonchev–Trinajstić information content (AvgIpc) is 2.29. The molecule has 0 spiro atoms. The monoisotopic (exact) mass is 216 g/mol. The average molecular weight is 216 g/mol. The van der Waals surface area contributed by atoms with Crippen LogP contribution in [-0.2, 0) is 0 Å². The molecule has 2 rings (SSSR count). The molecule has 0 fully saturated rings. The molecule has 0 atom stereocenters. The number of hydrogen-bond donors (Lipinski definition) is 2. The molecular formula is C11H8N2O3. The molecule has 0 aliphatic carbocycles. The normalized spacial score (nSPS) is 10.0. The van der Waals surface area contributed by atoms with Gasteiger partial charge in [0, 0.05) is 11.1 Å². The number of carboxylic acids is 1. The number of hydrogen-bond acceptors (Lipinski definition) is 4. The van der Waals surface area contributed by atoms with Crippen LogP contribution in [0.5, 0.6) is 5.75 Å². The zero-order chi connectivity index (χ0) is 11.5. The zero-order valence-electron chi connectivity index (χ0n) is 8.16. The Hall–Kier alpha value is -2.43. The number of phenols is 1. The number of aromatic carboxylic acids is 1. The molecule has 5 heteroatoms. The molecule has 1 aromatic heterocycles. The number of nitrogens with zero attached hydrogens (tertiary/aromatic N) is 2. The van der Waals surface area contributed by atoms with Gasteiger partial charge in [-0.05, 0) is 6.07 Å². The first-order chi connectivity index (χ1) is 7.70. The molecule has 0 amide bonds. The van der Waals surface area contributed by atoms with E-state index in [9.17, 15) is 9.90 Å². The van der Waals surface area contributed by atoms with Gasteiger partial charge in [0.05, 0.1) is 18.0 Å². The van der Waals surface area contributed by atoms with E-state index < -0.39 is 5.97 Å². The Morgan fingerprint density at radius 3 is 2.44 bits per heavy atom. The van der Waals surface area contributed by atoms with Crippen molar-refractivity contribution in [1.29, 1.82) is 0 Å². The van der Waals surface area contributed by atoms with Gasteiger partial charge in [0.1, 0.15) is 5.75 Å². The first-order valence-corrected chi connectivity index (χ1v) is 4.52. The molecule has 0 aliphatic heterocycles. The van der Waals surface area contributed by atoms with Gasteiger partial charge in [-0.25, -0.2) is 4.79 Å². The molecule has 16 heavy (non-hydrogen) atoms. The third-order valence-corrected chi connectivity index (χ3v) is 2.16. The second kappa shape index (κ2) is 3.98. The number of benzene rings is 1. The van der Waals surface area contributed by atoms with Gasteiger partial charge in [0.25, 0.3) is 0 Å². The summed E-state index contributed by atoms with van der Waals surface area (Å²) in [5.74, 6) is -1.09. The predicted octanol–water partition coefficient (Wildman–Crippen LogP) is 1.55. The number of phenolic OH excluding ortho intramolecular Hbond substituents is 1. The fourth-order valence-electron chi connectivity index (χ4n) is 1.41. The second-order valence-electron chi connectivity index (χ2n) is 3.14. The number of para-hydroxylation sites is 1. The molecule has 2 N–H and O–H groups in total. The van der Waals surface area contributed by atoms with Crippen molar-refractivity contribution >= 4 is 5.97 Å². The third kappa shape index (κ3) is 1.70. The summed E-state index contributed by atoms with van der Waals surface area (Å²) in [6.07, 6.45) is 2.47. The van der Waals surface area contributed by atoms with Crippen LogP contribution in [0.3, 0.4) is 0 Å². The van der Waals surface area contributed by atoms with E-state index in [-0.39, 0.29) is 11.3 Å². The standard InChI is InChI=1S/C11H8N2O3/c14-10-4-2-1-3-7(10)8-5-12-13-6-9(8)11(15)16/h1-6,14H,(H,15,16). The maximum atomic E-state index is 11.0. The summed E-state index contributed by atoms with van der Waals surface area (Å²) in [7, 11) is 0. The Morgan fingerprint density at radius 1 is 1.06 bits per heavy atom. The lowest BCUT2D eigenvalue weighted by atomic mass is 10.0. The van der Waals surface area contributed by atoms with Crippen molar-refractivity contribution in [3.8, 4) is 16.9 Å². The molecule has 5 nitrogen and oxygen atoms in total. The lowest BCUT2D eigenvalue weighted by Gasteiger charge is -2.06. The van der Waals surface area contributed by atoms with Crippen LogP contribution in [0.15, 0.2) is 36.7 Å². The van der Waals surface area contributed by atoms with Gasteiger partial charge in [0.2, 0.25) is 0 Å². The van der Waals surface area contributed by atoms with Crippen molar-refractivity contribution in [1.82, 2.24) is 10.2 Å². The van der Waals surface area contributed by atoms with Crippen LogP contribution in [0.4, 0.5) is 0 Å². The first kappa shape index (κ1) is 10.1. The highest BCUT2D eigenvalue weighted by atomic mass is 16.4. The summed E-state index contributed by atoms with van der Waals surface area (Å²) in [4.78, 5) is 11.0. The van der Waals surface area contributed by atoms with E-state index in [0.29, 0.717) is 11.1 Å². The van der Waals surface area contributed by atoms with E-state index in [4.69, 9.17) is 5.11 Å². The second-order valence-corrected chi connectivity index (χ2v) is 3.14. The molecule has 0 aliphatic rings. The van der Waals surface area contributed by atoms with E-state index >= 15 is 0 Å². The largest absolute Gasteiger partial charge is 0.507 e. The minimum atomic E-state index is -1.10. The fraction of sp³-hybridized carbons (Fsp3) is 0. The van der Waals surface area contributed by atoms with E-state index in [1.807, 2.05) is 0 Å². The molecule has 0 radical (unpaired) electrons. The summed E-state index contributed by atoms with van der Waals surface area (Å²) in [6, 6.07) is 6.48. The molecule has 0 unspecified atom stereocenters. The lowest BCUT2D eigenvalue weighted by Crippen LogP contribution is -2.01.